The molecule has 12 nitrogen and oxygen atoms in total. The van der Waals surface area contributed by atoms with Crippen LogP contribution in [0.25, 0.3) is 6.08 Å². The molecule has 4 amide bonds. The molecule has 0 radical (unpaired) electrons. The number of carbonyl (C=O) groups is 4. The Hall–Kier alpha value is -4.15. The quantitative estimate of drug-likeness (QED) is 0.300. The summed E-state index contributed by atoms with van der Waals surface area (Å²) in [6.45, 7) is 9.42. The molecule has 50 heavy (non-hydrogen) atoms. The van der Waals surface area contributed by atoms with E-state index >= 15 is 0 Å². The van der Waals surface area contributed by atoms with Crippen LogP contribution >= 0.6 is 0 Å². The van der Waals surface area contributed by atoms with E-state index in [1.54, 1.807) is 20.8 Å². The SMILES string of the molecule is C=C[C@@H]1C[C@]1(NC(=O)[C@@H]1C[C@@H]2CN1C(=O)[C@H](C(C)(C)C)NC(=O)OCCCCC/C=C\c1ccccc1C#CCO2)C(=O)NS(=O)(=O)C1CC1. The average molecular weight is 709 g/mol. The van der Waals surface area contributed by atoms with Gasteiger partial charge in [0.05, 0.1) is 18.0 Å². The van der Waals surface area contributed by atoms with E-state index in [4.69, 9.17) is 9.47 Å². The fraction of sp³-hybridized carbons (Fsp3) is 0.568. The van der Waals surface area contributed by atoms with Crippen molar-refractivity contribution in [2.75, 3.05) is 19.8 Å². The average Bonchev–Trinajstić information content (AvgIpc) is 3.99. The molecule has 5 atom stereocenters. The molecule has 1 aromatic rings. The van der Waals surface area contributed by atoms with Gasteiger partial charge in [-0.3, -0.25) is 19.1 Å². The number of hydrogen-bond donors (Lipinski definition) is 3. The summed E-state index contributed by atoms with van der Waals surface area (Å²) < 4.78 is 38.9. The molecule has 2 aliphatic carbocycles. The van der Waals surface area contributed by atoms with Crippen molar-refractivity contribution in [3.05, 3.63) is 54.1 Å². The number of benzene rings is 1. The van der Waals surface area contributed by atoms with Crippen molar-refractivity contribution in [2.24, 2.45) is 11.3 Å². The van der Waals surface area contributed by atoms with E-state index in [0.29, 0.717) is 19.3 Å². The van der Waals surface area contributed by atoms with Crippen molar-refractivity contribution in [1.82, 2.24) is 20.3 Å². The van der Waals surface area contributed by atoms with Crippen LogP contribution in [0.15, 0.2) is 43.0 Å². The summed E-state index contributed by atoms with van der Waals surface area (Å²) in [5, 5.41) is 4.88. The summed E-state index contributed by atoms with van der Waals surface area (Å²) in [5.41, 5.74) is -0.456. The molecule has 3 fully saturated rings. The normalized spacial score (nSPS) is 28.7. The van der Waals surface area contributed by atoms with Gasteiger partial charge in [0, 0.05) is 24.4 Å². The Bertz CT molecular complexity index is 1690. The maximum absolute atomic E-state index is 14.3. The zero-order chi connectivity index (χ0) is 36.1. The Morgan fingerprint density at radius 3 is 2.60 bits per heavy atom. The highest BCUT2D eigenvalue weighted by atomic mass is 32.2. The number of ether oxygens (including phenoxy) is 2. The van der Waals surface area contributed by atoms with Crippen molar-refractivity contribution < 1.29 is 37.1 Å². The first-order valence-electron chi connectivity index (χ1n) is 17.4. The summed E-state index contributed by atoms with van der Waals surface area (Å²) in [6, 6.07) is 5.65. The van der Waals surface area contributed by atoms with Gasteiger partial charge in [-0.05, 0) is 62.0 Å². The standard InChI is InChI=1S/C37H48N4O8S/c1-5-27-23-37(27,34(44)40-50(46,47)29-18-19-29)39-32(42)30-22-28-24-41(30)33(43)31(36(2,3)4)38-35(45)49-20-12-8-6-7-9-14-25-15-10-11-16-26(25)17-13-21-48-28/h5,9-11,14-16,27-31H,1,6-8,12,18-24H2,2-4H3,(H,38,45)(H,39,42)(H,40,44)/b14-9-/t27-,28-,30+,31-,37-/m1/s1. The van der Waals surface area contributed by atoms with E-state index in [9.17, 15) is 27.6 Å². The molecule has 1 aromatic carbocycles. The van der Waals surface area contributed by atoms with Gasteiger partial charge >= 0.3 is 6.09 Å². The summed E-state index contributed by atoms with van der Waals surface area (Å²) in [5.74, 6) is 3.76. The lowest BCUT2D eigenvalue weighted by Crippen LogP contribution is -2.60. The second-order valence-corrected chi connectivity index (χ2v) is 16.5. The molecule has 2 saturated carbocycles. The van der Waals surface area contributed by atoms with Gasteiger partial charge in [0.1, 0.15) is 24.2 Å². The topological polar surface area (TPSA) is 160 Å². The number of nitrogens with one attached hydrogen (secondary N) is 3. The molecular weight excluding hydrogens is 660 g/mol. The fourth-order valence-electron chi connectivity index (χ4n) is 6.37. The Morgan fingerprint density at radius 1 is 1.14 bits per heavy atom. The molecule has 1 saturated heterocycles. The molecule has 0 aromatic heterocycles. The maximum atomic E-state index is 14.3. The highest BCUT2D eigenvalue weighted by Gasteiger charge is 2.62. The van der Waals surface area contributed by atoms with Crippen LogP contribution in [0.2, 0.25) is 0 Å². The van der Waals surface area contributed by atoms with Crippen LogP contribution in [0.1, 0.15) is 83.3 Å². The first kappa shape index (κ1) is 37.1. The fourth-order valence-corrected chi connectivity index (χ4v) is 7.73. The smallest absolute Gasteiger partial charge is 0.407 e. The molecule has 270 valence electrons. The van der Waals surface area contributed by atoms with Gasteiger partial charge in [-0.1, -0.05) is 69.0 Å². The van der Waals surface area contributed by atoms with Crippen LogP contribution < -0.4 is 15.4 Å². The Labute approximate surface area is 294 Å². The van der Waals surface area contributed by atoms with Gasteiger partial charge in [-0.25, -0.2) is 13.2 Å². The van der Waals surface area contributed by atoms with Gasteiger partial charge in [-0.2, -0.15) is 0 Å². The lowest BCUT2D eigenvalue weighted by atomic mass is 9.85. The van der Waals surface area contributed by atoms with Crippen LogP contribution in [0, 0.1) is 23.2 Å². The monoisotopic (exact) mass is 708 g/mol. The summed E-state index contributed by atoms with van der Waals surface area (Å²) in [4.78, 5) is 56.0. The molecule has 13 heteroatoms. The number of allylic oxidation sites excluding steroid dienone is 1. The summed E-state index contributed by atoms with van der Waals surface area (Å²) >= 11 is 0. The molecule has 2 heterocycles. The highest BCUT2D eigenvalue weighted by molar-refractivity contribution is 7.91. The van der Waals surface area contributed by atoms with Gasteiger partial charge < -0.3 is 25.0 Å². The minimum absolute atomic E-state index is 0.0291. The largest absolute Gasteiger partial charge is 0.450 e. The van der Waals surface area contributed by atoms with E-state index in [1.165, 1.54) is 11.0 Å². The van der Waals surface area contributed by atoms with E-state index in [2.05, 4.69) is 39.9 Å². The summed E-state index contributed by atoms with van der Waals surface area (Å²) in [7, 11) is -3.87. The van der Waals surface area contributed by atoms with E-state index in [0.717, 1.165) is 30.4 Å². The van der Waals surface area contributed by atoms with Crippen molar-refractivity contribution in [1.29, 1.82) is 0 Å². The molecule has 2 aliphatic heterocycles. The number of nitrogens with zero attached hydrogens (tertiary/aromatic N) is 1. The number of alkyl carbamates (subject to hydrolysis) is 1. The Morgan fingerprint density at radius 2 is 1.90 bits per heavy atom. The number of rotatable bonds is 6. The third-order valence-electron chi connectivity index (χ3n) is 9.59. The van der Waals surface area contributed by atoms with Crippen LogP contribution in [-0.2, 0) is 33.9 Å². The summed E-state index contributed by atoms with van der Waals surface area (Å²) in [6.07, 6.45) is 8.82. The Balaban J connectivity index is 1.40. The lowest BCUT2D eigenvalue weighted by Gasteiger charge is -2.35. The third-order valence-corrected chi connectivity index (χ3v) is 11.4. The predicted octanol–water partition coefficient (Wildman–Crippen LogP) is 3.42. The zero-order valence-corrected chi connectivity index (χ0v) is 29.9. The Kier molecular flexibility index (Phi) is 11.4. The van der Waals surface area contributed by atoms with Crippen LogP contribution in [0.4, 0.5) is 4.79 Å². The number of cyclic esters (lactones) is 1. The van der Waals surface area contributed by atoms with Crippen LogP contribution in [0.3, 0.4) is 0 Å². The predicted molar refractivity (Wildman–Crippen MR) is 188 cm³/mol. The van der Waals surface area contributed by atoms with E-state index in [1.807, 2.05) is 30.3 Å². The number of fused-ring (bicyclic) bond motifs is 3. The molecular formula is C37H48N4O8S. The van der Waals surface area contributed by atoms with E-state index in [-0.39, 0.29) is 32.6 Å². The van der Waals surface area contributed by atoms with Crippen molar-refractivity contribution >= 4 is 39.9 Å². The van der Waals surface area contributed by atoms with Crippen molar-refractivity contribution in [2.45, 2.75) is 101 Å². The van der Waals surface area contributed by atoms with Gasteiger partial charge in [0.15, 0.2) is 0 Å². The highest BCUT2D eigenvalue weighted by Crippen LogP contribution is 2.45. The first-order chi connectivity index (χ1) is 23.7. The van der Waals surface area contributed by atoms with Gasteiger partial charge in [0.2, 0.25) is 21.8 Å². The molecule has 0 spiro atoms. The van der Waals surface area contributed by atoms with E-state index < -0.39 is 74.1 Å². The van der Waals surface area contributed by atoms with Gasteiger partial charge in [0.25, 0.3) is 5.91 Å². The molecule has 2 bridgehead atoms. The minimum atomic E-state index is -3.87. The third kappa shape index (κ3) is 8.95. The number of sulfonamides is 1. The van der Waals surface area contributed by atoms with Crippen LogP contribution in [0.5, 0.6) is 0 Å². The minimum Gasteiger partial charge on any atom is -0.450 e. The molecule has 3 N–H and O–H groups in total. The van der Waals surface area contributed by atoms with Crippen molar-refractivity contribution in [3.8, 4) is 11.8 Å². The number of hydrogen-bond acceptors (Lipinski definition) is 8. The number of carbonyl (C=O) groups excluding carboxylic acids is 4. The zero-order valence-electron chi connectivity index (χ0n) is 29.0. The first-order valence-corrected chi connectivity index (χ1v) is 18.9. The van der Waals surface area contributed by atoms with Crippen LogP contribution in [-0.4, -0.2) is 85.9 Å². The number of amides is 4. The maximum Gasteiger partial charge on any atom is 0.407 e. The van der Waals surface area contributed by atoms with Gasteiger partial charge in [-0.15, -0.1) is 6.58 Å². The second kappa shape index (κ2) is 15.4. The second-order valence-electron chi connectivity index (χ2n) is 14.6. The lowest BCUT2D eigenvalue weighted by molar-refractivity contribution is -0.143. The van der Waals surface area contributed by atoms with Crippen molar-refractivity contribution in [3.63, 3.8) is 0 Å². The molecule has 4 aliphatic rings. The molecule has 0 unspecified atom stereocenters. The molecule has 5 rings (SSSR count).